The first-order valence-corrected chi connectivity index (χ1v) is 14.8. The molecule has 2 unspecified atom stereocenters. The maximum Gasteiger partial charge on any atom is 0.330 e. The quantitative estimate of drug-likeness (QED) is 0.104. The van der Waals surface area contributed by atoms with Gasteiger partial charge >= 0.3 is 11.9 Å². The molecule has 0 aliphatic carbocycles. The molecule has 0 aromatic heterocycles. The van der Waals surface area contributed by atoms with Crippen LogP contribution in [-0.4, -0.2) is 80.0 Å². The molecular weight excluding hydrogens is 618 g/mol. The highest BCUT2D eigenvalue weighted by Crippen LogP contribution is 2.15. The van der Waals surface area contributed by atoms with Crippen LogP contribution in [0.2, 0.25) is 0 Å². The van der Waals surface area contributed by atoms with E-state index in [1.807, 2.05) is 25.1 Å². The fraction of sp³-hybridized carbons (Fsp3) is 0.273. The van der Waals surface area contributed by atoms with Gasteiger partial charge in [-0.05, 0) is 23.1 Å². The highest BCUT2D eigenvalue weighted by atomic mass is 16.5. The number of esters is 1. The number of hydrogen-bond acceptors (Lipinski definition) is 8. The fourth-order valence-electron chi connectivity index (χ4n) is 4.29. The molecule has 13 nitrogen and oxygen atoms in total. The lowest BCUT2D eigenvalue weighted by Crippen LogP contribution is -2.53. The lowest BCUT2D eigenvalue weighted by molar-refractivity contribution is -0.146. The molecule has 4 radical (unpaired) electrons. The van der Waals surface area contributed by atoms with Gasteiger partial charge in [0.15, 0.2) is 23.8 Å². The third-order valence-corrected chi connectivity index (χ3v) is 6.57. The van der Waals surface area contributed by atoms with Crippen LogP contribution in [0.25, 0.3) is 0 Å². The highest BCUT2D eigenvalue weighted by molar-refractivity contribution is 6.57. The van der Waals surface area contributed by atoms with E-state index in [1.165, 1.54) is 0 Å². The van der Waals surface area contributed by atoms with Gasteiger partial charge in [-0.1, -0.05) is 104 Å². The number of carbonyl (C=O) groups excluding carboxylic acids is 5. The Bertz CT molecular complexity index is 1500. The zero-order chi connectivity index (χ0) is 35.5. The summed E-state index contributed by atoms with van der Waals surface area (Å²) >= 11 is 0. The molecule has 248 valence electrons. The van der Waals surface area contributed by atoms with E-state index in [2.05, 4.69) is 21.3 Å². The van der Waals surface area contributed by atoms with Gasteiger partial charge in [0.25, 0.3) is 5.91 Å². The van der Waals surface area contributed by atoms with Crippen LogP contribution < -0.4 is 21.3 Å². The first kappa shape index (κ1) is 38.8. The van der Waals surface area contributed by atoms with Crippen LogP contribution in [-0.2, 0) is 30.5 Å². The molecule has 0 aliphatic rings. The molecule has 0 aliphatic heterocycles. The molecule has 4 amide bonds. The van der Waals surface area contributed by atoms with Gasteiger partial charge in [0, 0.05) is 0 Å². The number of benzene rings is 3. The van der Waals surface area contributed by atoms with Crippen LogP contribution in [0.4, 0.5) is 9.59 Å². The van der Waals surface area contributed by atoms with Crippen LogP contribution >= 0.6 is 0 Å². The molecular formula is C33H36B2N4O9. The monoisotopic (exact) mass is 654 g/mol. The van der Waals surface area contributed by atoms with Crippen molar-refractivity contribution in [1.82, 2.24) is 21.3 Å². The van der Waals surface area contributed by atoms with Crippen LogP contribution in [0.1, 0.15) is 48.5 Å². The summed E-state index contributed by atoms with van der Waals surface area (Å²) in [6.45, 7) is 1.44. The van der Waals surface area contributed by atoms with Gasteiger partial charge in [0.1, 0.15) is 19.2 Å². The number of aliphatic hydroxyl groups excluding tert-OH is 1. The van der Waals surface area contributed by atoms with Gasteiger partial charge in [-0.3, -0.25) is 24.0 Å². The van der Waals surface area contributed by atoms with Gasteiger partial charge in [-0.15, -0.1) is 0 Å². The second-order valence-corrected chi connectivity index (χ2v) is 10.3. The summed E-state index contributed by atoms with van der Waals surface area (Å²) in [7, 11) is 10.1. The van der Waals surface area contributed by atoms with Gasteiger partial charge in [0.2, 0.25) is 21.6 Å². The Morgan fingerprint density at radius 1 is 0.708 bits per heavy atom. The van der Waals surface area contributed by atoms with Gasteiger partial charge in [-0.25, -0.2) is 4.79 Å². The van der Waals surface area contributed by atoms with Crippen molar-refractivity contribution in [3.63, 3.8) is 0 Å². The average Bonchev–Trinajstić information content (AvgIpc) is 3.08. The van der Waals surface area contributed by atoms with E-state index >= 15 is 0 Å². The first-order chi connectivity index (χ1) is 22.9. The minimum atomic E-state index is -1.63. The maximum atomic E-state index is 12.9. The molecule has 0 saturated heterocycles. The van der Waals surface area contributed by atoms with Crippen molar-refractivity contribution in [2.45, 2.75) is 50.6 Å². The number of hydrogen-bond donors (Lipinski definition) is 6. The largest absolute Gasteiger partial charge is 0.479 e. The second kappa shape index (κ2) is 20.6. The van der Waals surface area contributed by atoms with Crippen molar-refractivity contribution in [3.05, 3.63) is 108 Å². The molecule has 6 N–H and O–H groups in total. The van der Waals surface area contributed by atoms with Gasteiger partial charge < -0.3 is 36.2 Å². The first-order valence-electron chi connectivity index (χ1n) is 14.8. The number of amides is 4. The maximum absolute atomic E-state index is 12.9. The molecule has 0 spiro atoms. The van der Waals surface area contributed by atoms with Crippen molar-refractivity contribution < 1.29 is 43.7 Å². The summed E-state index contributed by atoms with van der Waals surface area (Å²) in [5.41, 5.74) is 1.76. The third-order valence-electron chi connectivity index (χ3n) is 6.57. The van der Waals surface area contributed by atoms with E-state index in [-0.39, 0.29) is 13.0 Å². The molecule has 3 aromatic carbocycles. The summed E-state index contributed by atoms with van der Waals surface area (Å²) in [6, 6.07) is 22.7. The van der Waals surface area contributed by atoms with Gasteiger partial charge in [-0.2, -0.15) is 0 Å². The smallest absolute Gasteiger partial charge is 0.330 e. The molecule has 0 bridgehead atoms. The van der Waals surface area contributed by atoms with Crippen molar-refractivity contribution in [2.24, 2.45) is 0 Å². The summed E-state index contributed by atoms with van der Waals surface area (Å²) in [4.78, 5) is 69.9. The molecule has 15 heteroatoms. The number of ether oxygens (including phenoxy) is 1. The SMILES string of the molecule is [B]C(=O)N[C@H](C(=O)NC(CCC)C(O)C(=O)NCC(=O)OCc1ccccc1)c1ccccc1.[B]C(=O)N[C@H](C(=O)O)c1ccccc1. The van der Waals surface area contributed by atoms with Crippen LogP contribution in [0, 0.1) is 0 Å². The normalized spacial score (nSPS) is 12.7. The molecule has 3 rings (SSSR count). The minimum absolute atomic E-state index is 0.0559. The van der Waals surface area contributed by atoms with Gasteiger partial charge in [0.05, 0.1) is 6.04 Å². The van der Waals surface area contributed by atoms with Crippen molar-refractivity contribution in [3.8, 4) is 0 Å². The number of carbonyl (C=O) groups is 6. The van der Waals surface area contributed by atoms with E-state index < -0.39 is 66.1 Å². The Morgan fingerprint density at radius 3 is 1.67 bits per heavy atom. The average molecular weight is 654 g/mol. The Morgan fingerprint density at radius 2 is 1.19 bits per heavy atom. The lowest BCUT2D eigenvalue weighted by atomic mass is 10.0. The standard InChI is InChI=1S/C24H28BN3O6.C9H8BNO3/c1-2-9-18(27-22(31)20(28-24(25)33)17-12-7-4-8-13-17)21(30)23(32)26-14-19(29)34-15-16-10-5-3-6-11-16;10-9(14)11-7(8(12)13)6-4-2-1-3-5-6/h3-8,10-13,18,20-21,30H,2,9,14-15H2,1H3,(H,26,32)(H,27,31)(H,28,33);1-5,7H,(H,11,14)(H,12,13)/t18?,20-,21?;7-/m00/s1. The van der Waals surface area contributed by atoms with Crippen molar-refractivity contribution in [1.29, 1.82) is 0 Å². The summed E-state index contributed by atoms with van der Waals surface area (Å²) in [5, 5.41) is 28.7. The third kappa shape index (κ3) is 13.9. The number of carboxylic acids is 1. The summed E-state index contributed by atoms with van der Waals surface area (Å²) in [6.07, 6.45) is -0.805. The molecule has 4 atom stereocenters. The fourth-order valence-corrected chi connectivity index (χ4v) is 4.29. The van der Waals surface area contributed by atoms with Crippen molar-refractivity contribution >= 4 is 51.1 Å². The Kier molecular flexibility index (Phi) is 16.7. The zero-order valence-electron chi connectivity index (χ0n) is 26.2. The molecule has 48 heavy (non-hydrogen) atoms. The summed E-state index contributed by atoms with van der Waals surface area (Å²) < 4.78 is 5.09. The molecule has 0 saturated carbocycles. The highest BCUT2D eigenvalue weighted by Gasteiger charge is 2.30. The number of carboxylic acid groups (broad SMARTS) is 1. The molecule has 0 heterocycles. The predicted molar refractivity (Wildman–Crippen MR) is 177 cm³/mol. The van der Waals surface area contributed by atoms with Crippen LogP contribution in [0.5, 0.6) is 0 Å². The van der Waals surface area contributed by atoms with Crippen LogP contribution in [0.15, 0.2) is 91.0 Å². The van der Waals surface area contributed by atoms with Crippen LogP contribution in [0.3, 0.4) is 0 Å². The zero-order valence-corrected chi connectivity index (χ0v) is 26.2. The Hall–Kier alpha value is -5.43. The Labute approximate surface area is 280 Å². The van der Waals surface area contributed by atoms with E-state index in [9.17, 15) is 33.9 Å². The lowest BCUT2D eigenvalue weighted by Gasteiger charge is -2.26. The predicted octanol–water partition coefficient (Wildman–Crippen LogP) is 1.80. The minimum Gasteiger partial charge on any atom is -0.479 e. The number of rotatable bonds is 15. The molecule has 0 fully saturated rings. The second-order valence-electron chi connectivity index (χ2n) is 10.3. The van der Waals surface area contributed by atoms with E-state index in [4.69, 9.17) is 25.5 Å². The number of aliphatic carboxylic acids is 1. The molecule has 3 aromatic rings. The number of aliphatic hydroxyl groups is 1. The van der Waals surface area contributed by atoms with E-state index in [0.29, 0.717) is 17.5 Å². The summed E-state index contributed by atoms with van der Waals surface area (Å²) in [5.74, 6) is -5.05. The topological polar surface area (TPSA) is 200 Å². The van der Waals surface area contributed by atoms with Crippen molar-refractivity contribution in [2.75, 3.05) is 6.54 Å². The van der Waals surface area contributed by atoms with E-state index in [1.54, 1.807) is 72.8 Å². The number of nitrogens with one attached hydrogen (secondary N) is 4. The Balaban J connectivity index is 0.000000476. The van der Waals surface area contributed by atoms with E-state index in [0.717, 1.165) is 5.56 Å².